The van der Waals surface area contributed by atoms with Gasteiger partial charge in [-0.1, -0.05) is 0 Å². The molecule has 5 nitrogen and oxygen atoms in total. The maximum Gasteiger partial charge on any atom is 0.325 e. The highest BCUT2D eigenvalue weighted by molar-refractivity contribution is 5.75. The normalized spacial score (nSPS) is 10.4. The van der Waals surface area contributed by atoms with Gasteiger partial charge < -0.3 is 19.9 Å². The Morgan fingerprint density at radius 2 is 1.94 bits per heavy atom. The number of phenols is 1. The number of aromatic hydroxyl groups is 1. The first-order valence-electron chi connectivity index (χ1n) is 5.88. The van der Waals surface area contributed by atoms with Crippen molar-refractivity contribution in [2.45, 2.75) is 20.0 Å². The molecular weight excluding hydrogens is 234 g/mol. The standard InChI is InChI=1S/C13H19NO4/c1-10(2)17-7-8-18-13(16)9-14-11-3-5-12(15)6-4-11/h3-6,10,14-15H,7-9H2,1-2H3. The van der Waals surface area contributed by atoms with E-state index >= 15 is 0 Å². The average Bonchev–Trinajstić information content (AvgIpc) is 2.34. The Hall–Kier alpha value is -1.75. The van der Waals surface area contributed by atoms with Gasteiger partial charge in [-0.25, -0.2) is 0 Å². The monoisotopic (exact) mass is 253 g/mol. The van der Waals surface area contributed by atoms with E-state index in [2.05, 4.69) is 5.32 Å². The number of hydrogen-bond acceptors (Lipinski definition) is 5. The second-order valence-electron chi connectivity index (χ2n) is 4.04. The van der Waals surface area contributed by atoms with E-state index in [4.69, 9.17) is 14.6 Å². The number of rotatable bonds is 7. The molecule has 0 spiro atoms. The van der Waals surface area contributed by atoms with Crippen LogP contribution in [0.25, 0.3) is 0 Å². The summed E-state index contributed by atoms with van der Waals surface area (Å²) in [5, 5.41) is 12.0. The second-order valence-corrected chi connectivity index (χ2v) is 4.04. The van der Waals surface area contributed by atoms with Gasteiger partial charge in [0.05, 0.1) is 12.7 Å². The van der Waals surface area contributed by atoms with Crippen LogP contribution in [0.15, 0.2) is 24.3 Å². The molecule has 2 N–H and O–H groups in total. The lowest BCUT2D eigenvalue weighted by Crippen LogP contribution is -2.19. The zero-order chi connectivity index (χ0) is 13.4. The minimum Gasteiger partial charge on any atom is -0.508 e. The first-order chi connectivity index (χ1) is 8.58. The number of ether oxygens (including phenoxy) is 2. The lowest BCUT2D eigenvalue weighted by atomic mass is 10.3. The van der Waals surface area contributed by atoms with Crippen LogP contribution in [0.2, 0.25) is 0 Å². The van der Waals surface area contributed by atoms with Crippen LogP contribution in [0, 0.1) is 0 Å². The molecule has 0 aromatic heterocycles. The fraction of sp³-hybridized carbons (Fsp3) is 0.462. The number of nitrogens with one attached hydrogen (secondary N) is 1. The largest absolute Gasteiger partial charge is 0.508 e. The minimum absolute atomic E-state index is 0.0897. The Morgan fingerprint density at radius 1 is 1.28 bits per heavy atom. The number of hydrogen-bond donors (Lipinski definition) is 2. The van der Waals surface area contributed by atoms with E-state index in [1.807, 2.05) is 13.8 Å². The summed E-state index contributed by atoms with van der Waals surface area (Å²) in [6, 6.07) is 6.46. The molecule has 0 saturated carbocycles. The Kier molecular flexibility index (Phi) is 6.00. The summed E-state index contributed by atoms with van der Waals surface area (Å²) in [5.41, 5.74) is 0.753. The van der Waals surface area contributed by atoms with Crippen molar-refractivity contribution < 1.29 is 19.4 Å². The van der Waals surface area contributed by atoms with Crippen molar-refractivity contribution in [3.8, 4) is 5.75 Å². The molecule has 0 atom stereocenters. The van der Waals surface area contributed by atoms with Gasteiger partial charge in [0.25, 0.3) is 0 Å². The summed E-state index contributed by atoms with van der Waals surface area (Å²) < 4.78 is 10.2. The summed E-state index contributed by atoms with van der Waals surface area (Å²) in [6.07, 6.45) is 0.138. The van der Waals surface area contributed by atoms with Gasteiger partial charge in [0.2, 0.25) is 0 Å². The van der Waals surface area contributed by atoms with Crippen molar-refractivity contribution in [3.05, 3.63) is 24.3 Å². The lowest BCUT2D eigenvalue weighted by molar-refractivity contribution is -0.143. The maximum atomic E-state index is 11.3. The van der Waals surface area contributed by atoms with E-state index < -0.39 is 0 Å². The summed E-state index contributed by atoms with van der Waals surface area (Å²) in [7, 11) is 0. The first-order valence-corrected chi connectivity index (χ1v) is 5.88. The Balaban J connectivity index is 2.15. The van der Waals surface area contributed by atoms with Crippen LogP contribution < -0.4 is 5.32 Å². The highest BCUT2D eigenvalue weighted by atomic mass is 16.6. The molecule has 0 heterocycles. The summed E-state index contributed by atoms with van der Waals surface area (Å²) in [5.74, 6) is -0.149. The molecule has 0 unspecified atom stereocenters. The molecule has 18 heavy (non-hydrogen) atoms. The highest BCUT2D eigenvalue weighted by Gasteiger charge is 2.03. The SMILES string of the molecule is CC(C)OCCOC(=O)CNc1ccc(O)cc1. The molecule has 0 bridgehead atoms. The van der Waals surface area contributed by atoms with E-state index in [-0.39, 0.29) is 31.0 Å². The predicted octanol–water partition coefficient (Wildman–Crippen LogP) is 1.77. The minimum atomic E-state index is -0.338. The van der Waals surface area contributed by atoms with Gasteiger partial charge in [-0.3, -0.25) is 4.79 Å². The molecule has 100 valence electrons. The molecular formula is C13H19NO4. The summed E-state index contributed by atoms with van der Waals surface area (Å²) >= 11 is 0. The molecule has 0 aliphatic carbocycles. The fourth-order valence-electron chi connectivity index (χ4n) is 1.24. The number of phenolic OH excluding ortho intramolecular Hbond substituents is 1. The van der Waals surface area contributed by atoms with Gasteiger partial charge in [0.1, 0.15) is 18.9 Å². The average molecular weight is 253 g/mol. The van der Waals surface area contributed by atoms with Crippen molar-refractivity contribution in [3.63, 3.8) is 0 Å². The Labute approximate surface area is 107 Å². The zero-order valence-corrected chi connectivity index (χ0v) is 10.7. The van der Waals surface area contributed by atoms with Gasteiger partial charge in [0.15, 0.2) is 0 Å². The molecule has 1 rings (SSSR count). The van der Waals surface area contributed by atoms with Crippen LogP contribution in [0.3, 0.4) is 0 Å². The van der Waals surface area contributed by atoms with Crippen molar-refractivity contribution in [2.75, 3.05) is 25.1 Å². The van der Waals surface area contributed by atoms with E-state index in [1.165, 1.54) is 0 Å². The van der Waals surface area contributed by atoms with Gasteiger partial charge in [-0.15, -0.1) is 0 Å². The first kappa shape index (κ1) is 14.3. The van der Waals surface area contributed by atoms with Crippen LogP contribution in [0.4, 0.5) is 5.69 Å². The topological polar surface area (TPSA) is 67.8 Å². The summed E-state index contributed by atoms with van der Waals surface area (Å²) in [4.78, 5) is 11.3. The molecule has 0 aliphatic heterocycles. The van der Waals surface area contributed by atoms with Crippen molar-refractivity contribution in [1.82, 2.24) is 0 Å². The van der Waals surface area contributed by atoms with Crippen LogP contribution in [-0.2, 0) is 14.3 Å². The van der Waals surface area contributed by atoms with Gasteiger partial charge in [-0.05, 0) is 38.1 Å². The number of benzene rings is 1. The summed E-state index contributed by atoms with van der Waals surface area (Å²) in [6.45, 7) is 4.60. The van der Waals surface area contributed by atoms with Gasteiger partial charge >= 0.3 is 5.97 Å². The van der Waals surface area contributed by atoms with Crippen molar-refractivity contribution in [1.29, 1.82) is 0 Å². The molecule has 0 aliphatic rings. The van der Waals surface area contributed by atoms with Crippen LogP contribution in [0.5, 0.6) is 5.75 Å². The Bertz CT molecular complexity index is 362. The maximum absolute atomic E-state index is 11.3. The molecule has 1 aromatic rings. The molecule has 1 aromatic carbocycles. The third kappa shape index (κ3) is 6.10. The lowest BCUT2D eigenvalue weighted by Gasteiger charge is -2.09. The highest BCUT2D eigenvalue weighted by Crippen LogP contribution is 2.13. The van der Waals surface area contributed by atoms with E-state index in [1.54, 1.807) is 24.3 Å². The molecule has 0 amide bonds. The van der Waals surface area contributed by atoms with E-state index in [9.17, 15) is 4.79 Å². The molecule has 0 radical (unpaired) electrons. The second kappa shape index (κ2) is 7.55. The number of esters is 1. The predicted molar refractivity (Wildman–Crippen MR) is 68.6 cm³/mol. The van der Waals surface area contributed by atoms with Crippen LogP contribution in [0.1, 0.15) is 13.8 Å². The Morgan fingerprint density at radius 3 is 2.56 bits per heavy atom. The number of carbonyl (C=O) groups excluding carboxylic acids is 1. The van der Waals surface area contributed by atoms with Crippen molar-refractivity contribution in [2.24, 2.45) is 0 Å². The van der Waals surface area contributed by atoms with Crippen molar-refractivity contribution >= 4 is 11.7 Å². The van der Waals surface area contributed by atoms with Crippen LogP contribution in [-0.4, -0.2) is 36.9 Å². The third-order valence-corrected chi connectivity index (χ3v) is 2.10. The van der Waals surface area contributed by atoms with E-state index in [0.29, 0.717) is 6.61 Å². The third-order valence-electron chi connectivity index (χ3n) is 2.10. The molecule has 5 heteroatoms. The molecule has 0 fully saturated rings. The number of anilines is 1. The smallest absolute Gasteiger partial charge is 0.325 e. The van der Waals surface area contributed by atoms with Gasteiger partial charge in [-0.2, -0.15) is 0 Å². The number of carbonyl (C=O) groups is 1. The molecule has 0 saturated heterocycles. The zero-order valence-electron chi connectivity index (χ0n) is 10.7. The van der Waals surface area contributed by atoms with Crippen LogP contribution >= 0.6 is 0 Å². The van der Waals surface area contributed by atoms with Gasteiger partial charge in [0, 0.05) is 5.69 Å². The van der Waals surface area contributed by atoms with E-state index in [0.717, 1.165) is 5.69 Å². The quantitative estimate of drug-likeness (QED) is 0.440. The fourth-order valence-corrected chi connectivity index (χ4v) is 1.24.